The number of pyridine rings is 2. The molecule has 4 saturated heterocycles. The van der Waals surface area contributed by atoms with E-state index in [2.05, 4.69) is 25.8 Å². The lowest BCUT2D eigenvalue weighted by atomic mass is 9.95. The van der Waals surface area contributed by atoms with E-state index in [4.69, 9.17) is 16.1 Å². The van der Waals surface area contributed by atoms with Crippen molar-refractivity contribution in [3.63, 3.8) is 0 Å². The van der Waals surface area contributed by atoms with Crippen molar-refractivity contribution in [2.24, 2.45) is 0 Å². The number of rotatable bonds is 7. The van der Waals surface area contributed by atoms with Gasteiger partial charge < -0.3 is 19.6 Å². The van der Waals surface area contributed by atoms with Crippen LogP contribution in [0.25, 0.3) is 39.0 Å². The van der Waals surface area contributed by atoms with Gasteiger partial charge in [0, 0.05) is 55.5 Å². The molecule has 10 nitrogen and oxygen atoms in total. The van der Waals surface area contributed by atoms with Crippen molar-refractivity contribution in [3.8, 4) is 35.4 Å². The fourth-order valence-electron chi connectivity index (χ4n) is 9.10. The average molecular weight is 750 g/mol. The summed E-state index contributed by atoms with van der Waals surface area (Å²) in [6, 6.07) is 9.44. The number of amides is 1. The minimum atomic E-state index is -0.990. The third-order valence-corrected chi connectivity index (χ3v) is 11.5. The van der Waals surface area contributed by atoms with Crippen LogP contribution < -0.4 is 9.64 Å². The second-order valence-electron chi connectivity index (χ2n) is 14.8. The van der Waals surface area contributed by atoms with E-state index in [1.165, 1.54) is 36.7 Å². The first kappa shape index (κ1) is 34.9. The molecule has 4 aliphatic heterocycles. The van der Waals surface area contributed by atoms with Crippen LogP contribution in [0.2, 0.25) is 0 Å². The Balaban J connectivity index is 1.12. The Labute approximate surface area is 313 Å². The highest BCUT2D eigenvalue weighted by Gasteiger charge is 2.50. The number of aromatic nitrogens is 4. The number of ether oxygens (including phenoxy) is 1. The number of aromatic hydroxyl groups is 1. The topological polar surface area (TPSA) is 108 Å². The van der Waals surface area contributed by atoms with Crippen LogP contribution in [0.4, 0.5) is 23.4 Å². The standard InChI is InChI=1S/C41H35F4N7O3/c1-2-29-32(43)10-7-23-14-28(53)16-30(34(23)29)36-35(45)37-31(18-47-36)38(49-40(48-37)55-22-41-11-5-13-51(41)19-24(42)17-41)50-20-26-8-9-27(21-50)52(26)39(54)33(44)15-25-6-3-4-12-46-25/h1,3-4,6-7,10,12,14-16,18,24,26-27,53H,5,8-9,11,13,17,19-22H2/b33-15-/t24-,26?,27?,41+/m1/s1. The number of terminal acetylenes is 1. The number of benzene rings is 2. The number of fused-ring (bicyclic) bond motifs is 5. The Bertz CT molecular complexity index is 2430. The van der Waals surface area contributed by atoms with Crippen molar-refractivity contribution in [2.75, 3.05) is 37.7 Å². The molecule has 2 aromatic carbocycles. The van der Waals surface area contributed by atoms with Gasteiger partial charge in [0.25, 0.3) is 5.91 Å². The van der Waals surface area contributed by atoms with Gasteiger partial charge in [0.15, 0.2) is 11.6 Å². The molecule has 0 spiro atoms. The molecule has 14 heteroatoms. The Morgan fingerprint density at radius 2 is 1.91 bits per heavy atom. The number of alkyl halides is 1. The quantitative estimate of drug-likeness (QED) is 0.116. The first-order chi connectivity index (χ1) is 26.6. The van der Waals surface area contributed by atoms with Crippen molar-refractivity contribution in [1.29, 1.82) is 0 Å². The van der Waals surface area contributed by atoms with Gasteiger partial charge in [-0.05, 0) is 67.9 Å². The van der Waals surface area contributed by atoms with Gasteiger partial charge in [-0.25, -0.2) is 17.6 Å². The molecule has 0 radical (unpaired) electrons. The van der Waals surface area contributed by atoms with Crippen molar-refractivity contribution in [3.05, 3.63) is 83.6 Å². The molecule has 0 aliphatic carbocycles. The van der Waals surface area contributed by atoms with Gasteiger partial charge in [0.05, 0.1) is 34.3 Å². The van der Waals surface area contributed by atoms with Crippen LogP contribution in [0, 0.1) is 24.0 Å². The number of piperazine rings is 1. The number of phenols is 1. The number of hydrogen-bond donors (Lipinski definition) is 1. The van der Waals surface area contributed by atoms with E-state index in [0.717, 1.165) is 25.5 Å². The largest absolute Gasteiger partial charge is 0.508 e. The monoisotopic (exact) mass is 749 g/mol. The summed E-state index contributed by atoms with van der Waals surface area (Å²) >= 11 is 0. The molecule has 0 saturated carbocycles. The molecule has 5 aromatic rings. The number of halogens is 4. The van der Waals surface area contributed by atoms with Crippen molar-refractivity contribution in [2.45, 2.75) is 55.9 Å². The lowest BCUT2D eigenvalue weighted by Gasteiger charge is -2.41. The predicted octanol–water partition coefficient (Wildman–Crippen LogP) is 6.35. The van der Waals surface area contributed by atoms with Gasteiger partial charge >= 0.3 is 6.01 Å². The molecule has 4 aliphatic rings. The molecule has 1 amide bonds. The highest BCUT2D eigenvalue weighted by Crippen LogP contribution is 2.43. The van der Waals surface area contributed by atoms with E-state index in [-0.39, 0.29) is 76.7 Å². The first-order valence-corrected chi connectivity index (χ1v) is 18.3. The Hall–Kier alpha value is -5.81. The summed E-state index contributed by atoms with van der Waals surface area (Å²) in [6.07, 6.45) is 11.9. The van der Waals surface area contributed by atoms with Gasteiger partial charge in [-0.1, -0.05) is 18.1 Å². The molecule has 4 fully saturated rings. The second kappa shape index (κ2) is 13.5. The lowest BCUT2D eigenvalue weighted by molar-refractivity contribution is -0.131. The molecular formula is C41H35F4N7O3. The molecule has 3 aromatic heterocycles. The predicted molar refractivity (Wildman–Crippen MR) is 198 cm³/mol. The molecule has 9 rings (SSSR count). The zero-order chi connectivity index (χ0) is 38.0. The number of carbonyl (C=O) groups excluding carboxylic acids is 1. The molecule has 55 heavy (non-hydrogen) atoms. The number of anilines is 1. The van der Waals surface area contributed by atoms with Crippen LogP contribution in [0.5, 0.6) is 11.8 Å². The van der Waals surface area contributed by atoms with Crippen LogP contribution in [0.1, 0.15) is 43.4 Å². The Kier molecular flexibility index (Phi) is 8.57. The summed E-state index contributed by atoms with van der Waals surface area (Å²) < 4.78 is 68.2. The number of phenolic OH excluding ortho intramolecular Hbond substituents is 1. The summed E-state index contributed by atoms with van der Waals surface area (Å²) in [5.41, 5.74) is -0.630. The number of nitrogens with zero attached hydrogens (tertiary/aromatic N) is 7. The number of hydrogen-bond acceptors (Lipinski definition) is 9. The fraction of sp³-hybridized carbons (Fsp3) is 0.341. The summed E-state index contributed by atoms with van der Waals surface area (Å²) in [4.78, 5) is 36.9. The van der Waals surface area contributed by atoms with Gasteiger partial charge in [-0.2, -0.15) is 9.97 Å². The molecule has 280 valence electrons. The van der Waals surface area contributed by atoms with E-state index in [1.807, 2.05) is 4.90 Å². The normalized spacial score (nSPS) is 23.8. The SMILES string of the molecule is C#Cc1c(F)ccc2cc(O)cc(-c3ncc4c(N5CC6CCC(C5)N6C(=O)/C(F)=C/c5ccccn5)nc(OC[C@@]56CCCN5C[C@H](F)C6)nc4c3F)c12. The van der Waals surface area contributed by atoms with Crippen LogP contribution >= 0.6 is 0 Å². The summed E-state index contributed by atoms with van der Waals surface area (Å²) in [6.45, 7) is 1.68. The van der Waals surface area contributed by atoms with E-state index in [1.54, 1.807) is 23.1 Å². The molecule has 1 N–H and O–H groups in total. The third kappa shape index (κ3) is 5.97. The van der Waals surface area contributed by atoms with Gasteiger partial charge in [-0.3, -0.25) is 19.7 Å². The van der Waals surface area contributed by atoms with Crippen LogP contribution in [-0.4, -0.2) is 97.3 Å². The molecule has 7 heterocycles. The minimum absolute atomic E-state index is 0.0656. The maximum Gasteiger partial charge on any atom is 0.319 e. The average Bonchev–Trinajstić information content (AvgIpc) is 3.80. The Morgan fingerprint density at radius 3 is 2.67 bits per heavy atom. The maximum atomic E-state index is 17.1. The second-order valence-corrected chi connectivity index (χ2v) is 14.8. The van der Waals surface area contributed by atoms with E-state index in [9.17, 15) is 18.7 Å². The highest BCUT2D eigenvalue weighted by atomic mass is 19.1. The first-order valence-electron chi connectivity index (χ1n) is 18.3. The summed E-state index contributed by atoms with van der Waals surface area (Å²) in [5, 5.41) is 11.4. The number of carbonyl (C=O) groups is 1. The third-order valence-electron chi connectivity index (χ3n) is 11.5. The van der Waals surface area contributed by atoms with Crippen molar-refractivity contribution < 1.29 is 32.2 Å². The van der Waals surface area contributed by atoms with Gasteiger partial charge in [0.1, 0.15) is 41.4 Å². The van der Waals surface area contributed by atoms with Crippen LogP contribution in [-0.2, 0) is 4.79 Å². The Morgan fingerprint density at radius 1 is 1.09 bits per heavy atom. The van der Waals surface area contributed by atoms with E-state index in [0.29, 0.717) is 42.7 Å². The fourth-order valence-corrected chi connectivity index (χ4v) is 9.10. The minimum Gasteiger partial charge on any atom is -0.508 e. The summed E-state index contributed by atoms with van der Waals surface area (Å²) in [7, 11) is 0. The molecule has 4 atom stereocenters. The lowest BCUT2D eigenvalue weighted by Crippen LogP contribution is -2.56. The van der Waals surface area contributed by atoms with E-state index < -0.39 is 35.1 Å². The zero-order valence-corrected chi connectivity index (χ0v) is 29.6. The van der Waals surface area contributed by atoms with E-state index >= 15 is 8.78 Å². The maximum absolute atomic E-state index is 17.1. The zero-order valence-electron chi connectivity index (χ0n) is 29.6. The molecular weight excluding hydrogens is 714 g/mol. The van der Waals surface area contributed by atoms with Crippen molar-refractivity contribution >= 4 is 39.5 Å². The van der Waals surface area contributed by atoms with Gasteiger partial charge in [0.2, 0.25) is 0 Å². The highest BCUT2D eigenvalue weighted by molar-refractivity contribution is 6.03. The molecule has 2 unspecified atom stereocenters. The van der Waals surface area contributed by atoms with Gasteiger partial charge in [-0.15, -0.1) is 6.42 Å². The van der Waals surface area contributed by atoms with Crippen molar-refractivity contribution in [1.82, 2.24) is 29.7 Å². The van der Waals surface area contributed by atoms with Crippen LogP contribution in [0.3, 0.4) is 0 Å². The smallest absolute Gasteiger partial charge is 0.319 e. The summed E-state index contributed by atoms with van der Waals surface area (Å²) in [5.74, 6) is -0.766. The molecule has 2 bridgehead atoms. The van der Waals surface area contributed by atoms with Crippen LogP contribution in [0.15, 0.2) is 60.7 Å².